The smallest absolute Gasteiger partial charge is 0.310 e. The molecule has 1 atom stereocenters. The van der Waals surface area contributed by atoms with Gasteiger partial charge in [0.15, 0.2) is 5.13 Å². The molecule has 1 aliphatic heterocycles. The first-order valence-electron chi connectivity index (χ1n) is 8.64. The zero-order chi connectivity index (χ0) is 18.4. The van der Waals surface area contributed by atoms with Crippen LogP contribution in [0.3, 0.4) is 0 Å². The molecule has 3 heterocycles. The van der Waals surface area contributed by atoms with Gasteiger partial charge in [-0.05, 0) is 44.0 Å². The molecule has 0 spiro atoms. The monoisotopic (exact) mass is 371 g/mol. The molecule has 0 amide bonds. The van der Waals surface area contributed by atoms with Gasteiger partial charge in [0.05, 0.1) is 18.7 Å². The van der Waals surface area contributed by atoms with Crippen molar-refractivity contribution in [2.24, 2.45) is 5.92 Å². The molecule has 0 aliphatic carbocycles. The van der Waals surface area contributed by atoms with Gasteiger partial charge in [-0.25, -0.2) is 9.97 Å². The highest BCUT2D eigenvalue weighted by molar-refractivity contribution is 7.16. The largest absolute Gasteiger partial charge is 0.466 e. The number of likely N-dealkylation sites (tertiary alicyclic amines) is 1. The first-order chi connectivity index (χ1) is 12.7. The number of hydrogen-bond acceptors (Lipinski definition) is 8. The van der Waals surface area contributed by atoms with E-state index in [-0.39, 0.29) is 11.9 Å². The lowest BCUT2D eigenvalue weighted by Gasteiger charge is -2.31. The van der Waals surface area contributed by atoms with E-state index in [9.17, 15) is 4.79 Å². The number of rotatable bonds is 6. The molecule has 26 heavy (non-hydrogen) atoms. The van der Waals surface area contributed by atoms with Crippen LogP contribution >= 0.6 is 11.3 Å². The third-order valence-corrected chi connectivity index (χ3v) is 5.02. The van der Waals surface area contributed by atoms with Crippen molar-refractivity contribution in [2.45, 2.75) is 26.3 Å². The predicted octanol–water partition coefficient (Wildman–Crippen LogP) is 2.93. The second-order valence-electron chi connectivity index (χ2n) is 6.14. The maximum atomic E-state index is 12.0. The fourth-order valence-corrected chi connectivity index (χ4v) is 3.66. The van der Waals surface area contributed by atoms with E-state index in [0.29, 0.717) is 22.4 Å². The number of nitriles is 1. The highest BCUT2D eigenvalue weighted by Gasteiger charge is 2.26. The van der Waals surface area contributed by atoms with E-state index < -0.39 is 0 Å². The molecule has 7 nitrogen and oxygen atoms in total. The second kappa shape index (κ2) is 8.74. The lowest BCUT2D eigenvalue weighted by atomic mass is 9.98. The van der Waals surface area contributed by atoms with Crippen molar-refractivity contribution < 1.29 is 9.53 Å². The van der Waals surface area contributed by atoms with Crippen molar-refractivity contribution in [2.75, 3.05) is 25.0 Å². The standard InChI is InChI=1S/C18H21N5O2S/c1-2-25-17(24)14-4-3-7-23(12-14)11-13-5-6-20-16(8-13)22-18-21-10-15(9-19)26-18/h5-6,8,10,14H,2-4,7,11-12H2,1H3,(H,20,21,22). The normalized spacial score (nSPS) is 17.5. The van der Waals surface area contributed by atoms with Crippen molar-refractivity contribution in [1.82, 2.24) is 14.9 Å². The quantitative estimate of drug-likeness (QED) is 0.781. The summed E-state index contributed by atoms with van der Waals surface area (Å²) in [5, 5.41) is 12.7. The summed E-state index contributed by atoms with van der Waals surface area (Å²) in [5.74, 6) is 0.564. The summed E-state index contributed by atoms with van der Waals surface area (Å²) in [6.07, 6.45) is 5.18. The molecule has 0 bridgehead atoms. The molecular formula is C18H21N5O2S. The van der Waals surface area contributed by atoms with Gasteiger partial charge in [-0.15, -0.1) is 0 Å². The van der Waals surface area contributed by atoms with Crippen LogP contribution in [0.5, 0.6) is 0 Å². The molecule has 2 aromatic rings. The number of aromatic nitrogens is 2. The van der Waals surface area contributed by atoms with E-state index in [1.807, 2.05) is 19.1 Å². The molecule has 1 aliphatic rings. The lowest BCUT2D eigenvalue weighted by Crippen LogP contribution is -2.38. The number of ether oxygens (including phenoxy) is 1. The van der Waals surface area contributed by atoms with Crippen molar-refractivity contribution in [3.05, 3.63) is 35.0 Å². The molecule has 8 heteroatoms. The number of esters is 1. The molecule has 136 valence electrons. The Bertz CT molecular complexity index is 801. The fraction of sp³-hybridized carbons (Fsp3) is 0.444. The molecule has 1 fully saturated rings. The van der Waals surface area contributed by atoms with Crippen LogP contribution in [0, 0.1) is 17.2 Å². The predicted molar refractivity (Wildman–Crippen MR) is 99.0 cm³/mol. The fourth-order valence-electron chi connectivity index (χ4n) is 3.04. The minimum Gasteiger partial charge on any atom is -0.466 e. The van der Waals surface area contributed by atoms with Gasteiger partial charge in [-0.1, -0.05) is 11.3 Å². The summed E-state index contributed by atoms with van der Waals surface area (Å²) in [4.78, 5) is 23.3. The van der Waals surface area contributed by atoms with Crippen LogP contribution in [-0.4, -0.2) is 40.5 Å². The summed E-state index contributed by atoms with van der Waals surface area (Å²) in [7, 11) is 0. The molecule has 0 aromatic carbocycles. The Kier molecular flexibility index (Phi) is 6.15. The number of thiazole rings is 1. The summed E-state index contributed by atoms with van der Waals surface area (Å²) >= 11 is 1.29. The van der Waals surface area contributed by atoms with Crippen LogP contribution < -0.4 is 5.32 Å². The van der Waals surface area contributed by atoms with E-state index in [0.717, 1.165) is 38.0 Å². The number of nitrogens with zero attached hydrogens (tertiary/aromatic N) is 4. The van der Waals surface area contributed by atoms with Crippen LogP contribution in [-0.2, 0) is 16.1 Å². The zero-order valence-corrected chi connectivity index (χ0v) is 15.5. The van der Waals surface area contributed by atoms with Gasteiger partial charge in [-0.2, -0.15) is 5.26 Å². The maximum absolute atomic E-state index is 12.0. The Morgan fingerprint density at radius 1 is 1.54 bits per heavy atom. The molecule has 0 radical (unpaired) electrons. The summed E-state index contributed by atoms with van der Waals surface area (Å²) < 4.78 is 5.16. The Labute approximate surface area is 156 Å². The molecule has 1 saturated heterocycles. The average Bonchev–Trinajstić information content (AvgIpc) is 3.10. The number of carbonyl (C=O) groups is 1. The van der Waals surface area contributed by atoms with E-state index in [1.54, 1.807) is 12.4 Å². The molecule has 3 rings (SSSR count). The van der Waals surface area contributed by atoms with Crippen molar-refractivity contribution in [3.63, 3.8) is 0 Å². The van der Waals surface area contributed by atoms with Gasteiger partial charge < -0.3 is 10.1 Å². The Morgan fingerprint density at radius 3 is 3.19 bits per heavy atom. The Hall–Kier alpha value is -2.50. The number of carbonyl (C=O) groups excluding carboxylic acids is 1. The van der Waals surface area contributed by atoms with E-state index >= 15 is 0 Å². The summed E-state index contributed by atoms with van der Waals surface area (Å²) in [5.41, 5.74) is 1.11. The maximum Gasteiger partial charge on any atom is 0.310 e. The third kappa shape index (κ3) is 4.77. The second-order valence-corrected chi connectivity index (χ2v) is 7.17. The minimum absolute atomic E-state index is 0.0390. The molecular weight excluding hydrogens is 350 g/mol. The SMILES string of the molecule is CCOC(=O)C1CCCN(Cc2ccnc(Nc3ncc(C#N)s3)c2)C1. The van der Waals surface area contributed by atoms with E-state index in [1.165, 1.54) is 11.3 Å². The third-order valence-electron chi connectivity index (χ3n) is 4.21. The van der Waals surface area contributed by atoms with Gasteiger partial charge >= 0.3 is 5.97 Å². The van der Waals surface area contributed by atoms with Crippen molar-refractivity contribution in [1.29, 1.82) is 5.26 Å². The number of pyridine rings is 1. The van der Waals surface area contributed by atoms with Gasteiger partial charge in [0.2, 0.25) is 0 Å². The van der Waals surface area contributed by atoms with Gasteiger partial charge in [0.1, 0.15) is 16.8 Å². The topological polar surface area (TPSA) is 91.1 Å². The number of piperidine rings is 1. The van der Waals surface area contributed by atoms with Gasteiger partial charge in [0, 0.05) is 19.3 Å². The highest BCUT2D eigenvalue weighted by atomic mass is 32.1. The first kappa shape index (κ1) is 18.3. The van der Waals surface area contributed by atoms with Crippen molar-refractivity contribution >= 4 is 28.3 Å². The van der Waals surface area contributed by atoms with Crippen LogP contribution in [0.1, 0.15) is 30.2 Å². The van der Waals surface area contributed by atoms with Crippen molar-refractivity contribution in [3.8, 4) is 6.07 Å². The Balaban J connectivity index is 1.61. The zero-order valence-electron chi connectivity index (χ0n) is 14.6. The lowest BCUT2D eigenvalue weighted by molar-refractivity contribution is -0.150. The summed E-state index contributed by atoms with van der Waals surface area (Å²) in [6, 6.07) is 6.02. The summed E-state index contributed by atoms with van der Waals surface area (Å²) in [6.45, 7) is 4.72. The molecule has 1 unspecified atom stereocenters. The van der Waals surface area contributed by atoms with Gasteiger partial charge in [-0.3, -0.25) is 9.69 Å². The molecule has 2 aromatic heterocycles. The number of hydrogen-bond donors (Lipinski definition) is 1. The first-order valence-corrected chi connectivity index (χ1v) is 9.46. The van der Waals surface area contributed by atoms with Crippen LogP contribution in [0.2, 0.25) is 0 Å². The number of anilines is 2. The number of nitrogens with one attached hydrogen (secondary N) is 1. The minimum atomic E-state index is -0.0913. The van der Waals surface area contributed by atoms with Crippen LogP contribution in [0.15, 0.2) is 24.5 Å². The molecule has 1 N–H and O–H groups in total. The van der Waals surface area contributed by atoms with E-state index in [4.69, 9.17) is 10.00 Å². The van der Waals surface area contributed by atoms with Crippen LogP contribution in [0.4, 0.5) is 10.9 Å². The highest BCUT2D eigenvalue weighted by Crippen LogP contribution is 2.23. The van der Waals surface area contributed by atoms with Crippen LogP contribution in [0.25, 0.3) is 0 Å². The molecule has 0 saturated carbocycles. The Morgan fingerprint density at radius 2 is 2.42 bits per heavy atom. The van der Waals surface area contributed by atoms with E-state index in [2.05, 4.69) is 26.3 Å². The average molecular weight is 371 g/mol. The van der Waals surface area contributed by atoms with Gasteiger partial charge in [0.25, 0.3) is 0 Å².